The summed E-state index contributed by atoms with van der Waals surface area (Å²) in [5.41, 5.74) is 0.867. The van der Waals surface area contributed by atoms with E-state index in [0.717, 1.165) is 12.0 Å². The van der Waals surface area contributed by atoms with Gasteiger partial charge in [-0.25, -0.2) is 4.79 Å². The number of hydrogen-bond acceptors (Lipinski definition) is 5. The van der Waals surface area contributed by atoms with Crippen molar-refractivity contribution in [2.45, 2.75) is 45.7 Å². The number of rotatable bonds is 8. The van der Waals surface area contributed by atoms with Gasteiger partial charge in [-0.1, -0.05) is 44.2 Å². The summed E-state index contributed by atoms with van der Waals surface area (Å²) in [6.07, 6.45) is 1.03. The van der Waals surface area contributed by atoms with Gasteiger partial charge in [-0.2, -0.15) is 4.98 Å². The lowest BCUT2D eigenvalue weighted by molar-refractivity contribution is -0.128. The molecule has 2 aromatic rings. The van der Waals surface area contributed by atoms with Crippen LogP contribution in [-0.2, 0) is 22.6 Å². The summed E-state index contributed by atoms with van der Waals surface area (Å²) in [5, 5.41) is 12.0. The molecule has 1 aliphatic rings. The zero-order valence-electron chi connectivity index (χ0n) is 15.9. The molecule has 0 spiro atoms. The van der Waals surface area contributed by atoms with Crippen LogP contribution in [0.25, 0.3) is 0 Å². The first kappa shape index (κ1) is 19.5. The Morgan fingerprint density at radius 3 is 2.71 bits per heavy atom. The Bertz CT molecular complexity index is 848. The Kier molecular flexibility index (Phi) is 6.03. The van der Waals surface area contributed by atoms with Gasteiger partial charge in [0.2, 0.25) is 11.9 Å². The number of nitrogens with zero attached hydrogens (tertiary/aromatic N) is 3. The van der Waals surface area contributed by atoms with Crippen molar-refractivity contribution in [3.8, 4) is 0 Å². The zero-order valence-corrected chi connectivity index (χ0v) is 15.9. The number of imide groups is 1. The van der Waals surface area contributed by atoms with E-state index in [1.165, 1.54) is 4.90 Å². The Labute approximate surface area is 162 Å². The maximum absolute atomic E-state index is 12.5. The van der Waals surface area contributed by atoms with E-state index >= 15 is 0 Å². The summed E-state index contributed by atoms with van der Waals surface area (Å²) >= 11 is 0. The van der Waals surface area contributed by atoms with Crippen molar-refractivity contribution in [1.82, 2.24) is 25.4 Å². The number of hydrogen-bond donors (Lipinski definition) is 3. The van der Waals surface area contributed by atoms with Gasteiger partial charge in [-0.15, -0.1) is 5.10 Å². The minimum absolute atomic E-state index is 0.0733. The summed E-state index contributed by atoms with van der Waals surface area (Å²) in [6, 6.07) is 8.14. The van der Waals surface area contributed by atoms with E-state index in [-0.39, 0.29) is 37.1 Å². The van der Waals surface area contributed by atoms with E-state index in [9.17, 15) is 14.4 Å². The number of carbonyl (C=O) groups is 3. The number of carbonyl (C=O) groups excluding carboxylic acids is 3. The zero-order chi connectivity index (χ0) is 20.1. The molecule has 4 amide bonds. The predicted octanol–water partition coefficient (Wildman–Crippen LogP) is 1.84. The van der Waals surface area contributed by atoms with Gasteiger partial charge in [0, 0.05) is 12.8 Å². The highest BCUT2D eigenvalue weighted by Crippen LogP contribution is 2.15. The quantitative estimate of drug-likeness (QED) is 0.600. The fourth-order valence-corrected chi connectivity index (χ4v) is 2.98. The average molecular weight is 384 g/mol. The molecule has 0 bridgehead atoms. The lowest BCUT2D eigenvalue weighted by atomic mass is 10.1. The van der Waals surface area contributed by atoms with Crippen molar-refractivity contribution in [3.63, 3.8) is 0 Å². The lowest BCUT2D eigenvalue weighted by Gasteiger charge is -2.12. The number of urea groups is 1. The van der Waals surface area contributed by atoms with Crippen molar-refractivity contribution in [1.29, 1.82) is 0 Å². The molecule has 3 rings (SSSR count). The molecule has 1 fully saturated rings. The fraction of sp³-hybridized carbons (Fsp3) is 0.421. The SMILES string of the molecule is CC(C)Cc1nc(NC(=O)CCC2NC(=O)N(Cc3ccccc3)C2=O)n[nH]1. The summed E-state index contributed by atoms with van der Waals surface area (Å²) in [7, 11) is 0. The molecule has 2 heterocycles. The maximum Gasteiger partial charge on any atom is 0.325 e. The Balaban J connectivity index is 1.49. The molecule has 0 aliphatic carbocycles. The molecule has 3 N–H and O–H groups in total. The molecule has 1 aliphatic heterocycles. The van der Waals surface area contributed by atoms with E-state index in [1.54, 1.807) is 0 Å². The van der Waals surface area contributed by atoms with Gasteiger partial charge in [0.05, 0.1) is 6.54 Å². The van der Waals surface area contributed by atoms with Crippen LogP contribution in [0.3, 0.4) is 0 Å². The second-order valence-electron chi connectivity index (χ2n) is 7.20. The minimum atomic E-state index is -0.703. The van der Waals surface area contributed by atoms with Crippen LogP contribution >= 0.6 is 0 Å². The van der Waals surface area contributed by atoms with E-state index < -0.39 is 12.1 Å². The maximum atomic E-state index is 12.5. The van der Waals surface area contributed by atoms with E-state index in [4.69, 9.17) is 0 Å². The second-order valence-corrected chi connectivity index (χ2v) is 7.20. The van der Waals surface area contributed by atoms with Crippen LogP contribution in [0.1, 0.15) is 38.1 Å². The first-order chi connectivity index (χ1) is 13.4. The third-order valence-corrected chi connectivity index (χ3v) is 4.34. The Morgan fingerprint density at radius 2 is 2.00 bits per heavy atom. The Hall–Kier alpha value is -3.23. The fourth-order valence-electron chi connectivity index (χ4n) is 2.98. The number of amides is 4. The van der Waals surface area contributed by atoms with Crippen LogP contribution in [0.2, 0.25) is 0 Å². The third kappa shape index (κ3) is 4.93. The summed E-state index contributed by atoms with van der Waals surface area (Å²) < 4.78 is 0. The van der Waals surface area contributed by atoms with Gasteiger partial charge < -0.3 is 5.32 Å². The molecule has 1 saturated heterocycles. The van der Waals surface area contributed by atoms with Crippen LogP contribution in [0.4, 0.5) is 10.7 Å². The average Bonchev–Trinajstić information content (AvgIpc) is 3.19. The van der Waals surface area contributed by atoms with E-state index in [2.05, 4.69) is 39.7 Å². The lowest BCUT2D eigenvalue weighted by Crippen LogP contribution is -2.31. The first-order valence-electron chi connectivity index (χ1n) is 9.29. The molecule has 1 unspecified atom stereocenters. The number of anilines is 1. The van der Waals surface area contributed by atoms with Crippen molar-refractivity contribution >= 4 is 23.8 Å². The van der Waals surface area contributed by atoms with Gasteiger partial charge in [0.1, 0.15) is 11.9 Å². The Morgan fingerprint density at radius 1 is 1.25 bits per heavy atom. The van der Waals surface area contributed by atoms with Gasteiger partial charge in [-0.3, -0.25) is 24.9 Å². The van der Waals surface area contributed by atoms with Crippen LogP contribution in [0.5, 0.6) is 0 Å². The third-order valence-electron chi connectivity index (χ3n) is 4.34. The van der Waals surface area contributed by atoms with Gasteiger partial charge in [0.25, 0.3) is 5.91 Å². The first-order valence-corrected chi connectivity index (χ1v) is 9.29. The number of aromatic amines is 1. The van der Waals surface area contributed by atoms with Crippen LogP contribution in [0, 0.1) is 5.92 Å². The summed E-state index contributed by atoms with van der Waals surface area (Å²) in [6.45, 7) is 4.34. The molecule has 0 saturated carbocycles. The molecule has 1 aromatic carbocycles. The van der Waals surface area contributed by atoms with Crippen molar-refractivity contribution in [3.05, 3.63) is 41.7 Å². The van der Waals surface area contributed by atoms with Crippen molar-refractivity contribution in [2.75, 3.05) is 5.32 Å². The highest BCUT2D eigenvalue weighted by molar-refractivity contribution is 6.04. The normalized spacial score (nSPS) is 16.5. The van der Waals surface area contributed by atoms with Crippen molar-refractivity contribution in [2.24, 2.45) is 5.92 Å². The number of benzene rings is 1. The standard InChI is InChI=1S/C19H24N6O3/c1-12(2)10-15-21-18(24-23-15)22-16(26)9-8-14-17(27)25(19(28)20-14)11-13-6-4-3-5-7-13/h3-7,12,14H,8-11H2,1-2H3,(H,20,28)(H2,21,22,23,24,26). The van der Waals surface area contributed by atoms with E-state index in [1.807, 2.05) is 30.3 Å². The molecule has 148 valence electrons. The van der Waals surface area contributed by atoms with Crippen molar-refractivity contribution < 1.29 is 14.4 Å². The smallest absolute Gasteiger partial charge is 0.325 e. The van der Waals surface area contributed by atoms with E-state index in [0.29, 0.717) is 11.7 Å². The second kappa shape index (κ2) is 8.64. The molecule has 9 heteroatoms. The largest absolute Gasteiger partial charge is 0.326 e. The van der Waals surface area contributed by atoms with Gasteiger partial charge >= 0.3 is 6.03 Å². The summed E-state index contributed by atoms with van der Waals surface area (Å²) in [4.78, 5) is 42.1. The molecule has 0 radical (unpaired) electrons. The molecule has 1 atom stereocenters. The monoisotopic (exact) mass is 384 g/mol. The van der Waals surface area contributed by atoms with Gasteiger partial charge in [0.15, 0.2) is 0 Å². The highest BCUT2D eigenvalue weighted by atomic mass is 16.2. The summed E-state index contributed by atoms with van der Waals surface area (Å²) in [5.74, 6) is 0.720. The number of nitrogens with one attached hydrogen (secondary N) is 3. The van der Waals surface area contributed by atoms with Crippen LogP contribution in [0.15, 0.2) is 30.3 Å². The highest BCUT2D eigenvalue weighted by Gasteiger charge is 2.37. The topological polar surface area (TPSA) is 120 Å². The van der Waals surface area contributed by atoms with Gasteiger partial charge in [-0.05, 0) is 17.9 Å². The molecule has 9 nitrogen and oxygen atoms in total. The van der Waals surface area contributed by atoms with Crippen LogP contribution in [-0.4, -0.2) is 44.0 Å². The number of aromatic nitrogens is 3. The molecular weight excluding hydrogens is 360 g/mol. The molecular formula is C19H24N6O3. The minimum Gasteiger partial charge on any atom is -0.326 e. The van der Waals surface area contributed by atoms with Crippen LogP contribution < -0.4 is 10.6 Å². The predicted molar refractivity (Wildman–Crippen MR) is 102 cm³/mol. The molecule has 1 aromatic heterocycles. The number of H-pyrrole nitrogens is 1. The molecule has 28 heavy (non-hydrogen) atoms.